The zero-order valence-electron chi connectivity index (χ0n) is 16.5. The average molecular weight is 442 g/mol. The minimum atomic E-state index is -2.35. The molecule has 0 aliphatic carbocycles. The molecule has 0 radical (unpaired) electrons. The summed E-state index contributed by atoms with van der Waals surface area (Å²) in [5.41, 5.74) is 1.13. The third kappa shape index (κ3) is 4.57. The van der Waals surface area contributed by atoms with Gasteiger partial charge < -0.3 is 0 Å². The van der Waals surface area contributed by atoms with E-state index in [4.69, 9.17) is 0 Å². The minimum absolute atomic E-state index is 0.108. The Hall–Kier alpha value is -0.730. The van der Waals surface area contributed by atoms with E-state index < -0.39 is 5.31 Å². The van der Waals surface area contributed by atoms with Crippen molar-refractivity contribution in [3.05, 3.63) is 35.4 Å². The van der Waals surface area contributed by atoms with Crippen LogP contribution in [0.4, 0.5) is 0 Å². The van der Waals surface area contributed by atoms with Crippen LogP contribution in [0.5, 0.6) is 0 Å². The molecule has 5 heteroatoms. The molecule has 1 aliphatic rings. The summed E-state index contributed by atoms with van der Waals surface area (Å²) in [5.74, 6) is -0.216. The van der Waals surface area contributed by atoms with Gasteiger partial charge in [-0.1, -0.05) is 0 Å². The van der Waals surface area contributed by atoms with Gasteiger partial charge in [-0.25, -0.2) is 0 Å². The van der Waals surface area contributed by atoms with E-state index in [1.54, 1.807) is 17.0 Å². The van der Waals surface area contributed by atoms with Crippen LogP contribution in [0.25, 0.3) is 0 Å². The van der Waals surface area contributed by atoms with Crippen molar-refractivity contribution in [3.63, 3.8) is 0 Å². The van der Waals surface area contributed by atoms with Crippen LogP contribution < -0.4 is 0 Å². The number of fused-ring (bicyclic) bond motifs is 1. The van der Waals surface area contributed by atoms with Crippen molar-refractivity contribution in [2.75, 3.05) is 24.8 Å². The second-order valence-electron chi connectivity index (χ2n) is 7.78. The van der Waals surface area contributed by atoms with Crippen LogP contribution in [0, 0.1) is 0 Å². The average Bonchev–Trinajstić information content (AvgIpc) is 2.89. The monoisotopic (exact) mass is 441 g/mol. The van der Waals surface area contributed by atoms with E-state index in [2.05, 4.69) is 36.3 Å². The Morgan fingerprint density at radius 2 is 1.19 bits per heavy atom. The number of carbonyl (C=O) groups is 2. The zero-order valence-corrected chi connectivity index (χ0v) is 18.9. The van der Waals surface area contributed by atoms with Gasteiger partial charge in [-0.2, -0.15) is 0 Å². The third-order valence-corrected chi connectivity index (χ3v) is 14.7. The summed E-state index contributed by atoms with van der Waals surface area (Å²) >= 11 is 4.29. The second-order valence-corrected chi connectivity index (χ2v) is 19.1. The van der Waals surface area contributed by atoms with Gasteiger partial charge in [0.15, 0.2) is 0 Å². The first kappa shape index (κ1) is 21.6. The molecule has 26 heavy (non-hydrogen) atoms. The number of unbranched alkanes of at least 4 members (excludes halogenated alkanes) is 3. The quantitative estimate of drug-likeness (QED) is 0.290. The van der Waals surface area contributed by atoms with E-state index in [-0.39, 0.29) is 11.8 Å². The summed E-state index contributed by atoms with van der Waals surface area (Å²) in [4.78, 5) is 27.5. The van der Waals surface area contributed by atoms with E-state index >= 15 is 0 Å². The molecule has 0 bridgehead atoms. The van der Waals surface area contributed by atoms with Crippen molar-refractivity contribution in [1.29, 1.82) is 0 Å². The molecule has 2 amide bonds. The molecular formula is C21H33BrNO2P. The maximum absolute atomic E-state index is 13.0. The van der Waals surface area contributed by atoms with Crippen LogP contribution in [-0.2, 0) is 0 Å². The van der Waals surface area contributed by atoms with Crippen LogP contribution in [0.3, 0.4) is 0 Å². The molecule has 0 unspecified atom stereocenters. The van der Waals surface area contributed by atoms with E-state index in [0.29, 0.717) is 17.4 Å². The fourth-order valence-electron chi connectivity index (χ4n) is 3.93. The SMILES string of the molecule is CCCCP(Br)(CCCC)(CCCC)CN1C(=O)c2ccccc2C1=O. The Balaban J connectivity index is 2.36. The van der Waals surface area contributed by atoms with Crippen LogP contribution in [0.2, 0.25) is 0 Å². The number of hydrogen-bond donors (Lipinski definition) is 0. The molecule has 1 heterocycles. The van der Waals surface area contributed by atoms with E-state index in [9.17, 15) is 9.59 Å². The summed E-state index contributed by atoms with van der Waals surface area (Å²) in [7, 11) is 0. The molecule has 146 valence electrons. The van der Waals surface area contributed by atoms with Crippen molar-refractivity contribution in [1.82, 2.24) is 4.90 Å². The number of hydrogen-bond acceptors (Lipinski definition) is 2. The van der Waals surface area contributed by atoms with E-state index in [1.807, 2.05) is 12.1 Å². The van der Waals surface area contributed by atoms with Crippen LogP contribution in [0.15, 0.2) is 24.3 Å². The molecule has 1 aromatic carbocycles. The molecule has 0 spiro atoms. The van der Waals surface area contributed by atoms with Gasteiger partial charge in [0.2, 0.25) is 0 Å². The summed E-state index contributed by atoms with van der Waals surface area (Å²) in [6.45, 7) is 6.65. The van der Waals surface area contributed by atoms with Crippen molar-refractivity contribution >= 4 is 32.6 Å². The molecule has 2 rings (SSSR count). The van der Waals surface area contributed by atoms with Gasteiger partial charge in [-0.05, 0) is 0 Å². The normalized spacial score (nSPS) is 15.8. The summed E-state index contributed by atoms with van der Waals surface area (Å²) < 4.78 is 0. The van der Waals surface area contributed by atoms with E-state index in [0.717, 1.165) is 57.0 Å². The number of halogens is 1. The Morgan fingerprint density at radius 1 is 0.808 bits per heavy atom. The summed E-state index contributed by atoms with van der Waals surface area (Å²) in [6, 6.07) is 7.24. The van der Waals surface area contributed by atoms with Gasteiger partial charge in [0, 0.05) is 0 Å². The van der Waals surface area contributed by atoms with Crippen molar-refractivity contribution in [2.24, 2.45) is 0 Å². The zero-order chi connectivity index (χ0) is 19.2. The molecule has 1 aromatic rings. The molecule has 3 nitrogen and oxygen atoms in total. The predicted molar refractivity (Wildman–Crippen MR) is 117 cm³/mol. The fraction of sp³-hybridized carbons (Fsp3) is 0.619. The molecule has 0 saturated heterocycles. The number of benzene rings is 1. The molecule has 0 fully saturated rings. The molecule has 0 aromatic heterocycles. The Bertz CT molecular complexity index is 602. The first-order valence-electron chi connectivity index (χ1n) is 10.1. The number of imide groups is 1. The first-order chi connectivity index (χ1) is 12.4. The number of amides is 2. The first-order valence-corrected chi connectivity index (χ1v) is 15.1. The van der Waals surface area contributed by atoms with Gasteiger partial charge in [0.1, 0.15) is 0 Å². The Kier molecular flexibility index (Phi) is 7.44. The van der Waals surface area contributed by atoms with Crippen molar-refractivity contribution in [3.8, 4) is 0 Å². The molecular weight excluding hydrogens is 409 g/mol. The van der Waals surface area contributed by atoms with Gasteiger partial charge >= 0.3 is 167 Å². The number of nitrogens with zero attached hydrogens (tertiary/aromatic N) is 1. The molecule has 1 aliphatic heterocycles. The van der Waals surface area contributed by atoms with Crippen LogP contribution in [-0.4, -0.2) is 41.5 Å². The fourth-order valence-corrected chi connectivity index (χ4v) is 12.2. The molecule has 0 saturated carbocycles. The van der Waals surface area contributed by atoms with Gasteiger partial charge in [-0.15, -0.1) is 0 Å². The molecule has 0 atom stereocenters. The predicted octanol–water partition coefficient (Wildman–Crippen LogP) is 6.50. The Morgan fingerprint density at radius 3 is 1.54 bits per heavy atom. The second kappa shape index (κ2) is 8.97. The summed E-state index contributed by atoms with van der Waals surface area (Å²) in [6.07, 6.45) is 10.8. The van der Waals surface area contributed by atoms with Crippen LogP contribution in [0.1, 0.15) is 80.0 Å². The van der Waals surface area contributed by atoms with Gasteiger partial charge in [0.25, 0.3) is 0 Å². The Labute approximate surface area is 166 Å². The molecule has 0 N–H and O–H groups in total. The number of carbonyl (C=O) groups excluding carboxylic acids is 2. The summed E-state index contributed by atoms with van der Waals surface area (Å²) in [5, 5.41) is -2.35. The van der Waals surface area contributed by atoms with Crippen LogP contribution >= 0.6 is 20.8 Å². The standard InChI is InChI=1S/C21H33BrNO2P/c1-4-7-14-26(22,15-8-5-2,16-9-6-3)17-23-20(24)18-12-10-11-13-19(18)21(23)25/h10-13H,4-9,14-17H2,1-3H3. The maximum atomic E-state index is 13.0. The number of rotatable bonds is 11. The third-order valence-electron chi connectivity index (χ3n) is 5.58. The topological polar surface area (TPSA) is 37.4 Å². The van der Waals surface area contributed by atoms with E-state index in [1.165, 1.54) is 0 Å². The van der Waals surface area contributed by atoms with Crippen molar-refractivity contribution in [2.45, 2.75) is 59.3 Å². The van der Waals surface area contributed by atoms with Crippen molar-refractivity contribution < 1.29 is 9.59 Å². The van der Waals surface area contributed by atoms with Gasteiger partial charge in [0.05, 0.1) is 0 Å². The van der Waals surface area contributed by atoms with Gasteiger partial charge in [-0.3, -0.25) is 0 Å².